The van der Waals surface area contributed by atoms with Crippen molar-refractivity contribution in [2.45, 2.75) is 31.3 Å². The van der Waals surface area contributed by atoms with Gasteiger partial charge in [0.25, 0.3) is 0 Å². The quantitative estimate of drug-likeness (QED) is 0.882. The zero-order valence-corrected chi connectivity index (χ0v) is 13.8. The molecule has 0 bridgehead atoms. The van der Waals surface area contributed by atoms with Crippen LogP contribution in [0, 0.1) is 17.2 Å². The number of β-amino-alcohol motifs (C(OH)–C–C–N with tert-alkyl or cyclic N) is 1. The van der Waals surface area contributed by atoms with Crippen LogP contribution >= 0.6 is 0 Å². The molecule has 0 unspecified atom stereocenters. The Kier molecular flexibility index (Phi) is 4.25. The number of aliphatic hydroxyl groups excluding tert-OH is 1. The van der Waals surface area contributed by atoms with Crippen LogP contribution in [0.1, 0.15) is 30.9 Å². The van der Waals surface area contributed by atoms with E-state index in [1.807, 2.05) is 4.90 Å². The summed E-state index contributed by atoms with van der Waals surface area (Å²) in [4.78, 5) is 13.8. The van der Waals surface area contributed by atoms with Crippen molar-refractivity contribution in [3.05, 3.63) is 11.8 Å². The second-order valence-electron chi connectivity index (χ2n) is 6.96. The minimum Gasteiger partial charge on any atom is -0.389 e. The number of aromatic nitrogens is 2. The highest BCUT2D eigenvalue weighted by molar-refractivity contribution is 5.48. The molecule has 3 aliphatic rings. The van der Waals surface area contributed by atoms with Crippen LogP contribution in [0.2, 0.25) is 0 Å². The summed E-state index contributed by atoms with van der Waals surface area (Å²) in [5, 5.41) is 18.7. The highest BCUT2D eigenvalue weighted by atomic mass is 16.5. The lowest BCUT2D eigenvalue weighted by atomic mass is 9.98. The average molecular weight is 329 g/mol. The first-order valence-electron chi connectivity index (χ1n) is 8.77. The molecule has 1 N–H and O–H groups in total. The van der Waals surface area contributed by atoms with E-state index in [2.05, 4.69) is 17.0 Å². The largest absolute Gasteiger partial charge is 0.389 e. The van der Waals surface area contributed by atoms with Crippen molar-refractivity contribution in [1.29, 1.82) is 5.26 Å². The standard InChI is InChI=1S/C17H23N5O2/c18-8-12-1-4-21(5-2-12)16-7-15(13-3-6-24-11-13)19-17(20-16)22-9-14(23)10-22/h7,12-14,23H,1-6,9-11H2/t13-/m0/s1. The number of nitriles is 1. The van der Waals surface area contributed by atoms with Gasteiger partial charge in [-0.2, -0.15) is 10.2 Å². The third kappa shape index (κ3) is 3.04. The molecule has 1 aromatic heterocycles. The van der Waals surface area contributed by atoms with Gasteiger partial charge in [-0.25, -0.2) is 4.98 Å². The van der Waals surface area contributed by atoms with Crippen LogP contribution in [0.15, 0.2) is 6.07 Å². The van der Waals surface area contributed by atoms with Gasteiger partial charge in [0.2, 0.25) is 5.95 Å². The minimum atomic E-state index is -0.276. The van der Waals surface area contributed by atoms with Crippen molar-refractivity contribution >= 4 is 11.8 Å². The molecule has 3 aliphatic heterocycles. The van der Waals surface area contributed by atoms with E-state index in [0.29, 0.717) is 25.0 Å². The second-order valence-corrected chi connectivity index (χ2v) is 6.96. The molecular formula is C17H23N5O2. The van der Waals surface area contributed by atoms with Gasteiger partial charge in [-0.05, 0) is 19.3 Å². The molecule has 4 heterocycles. The van der Waals surface area contributed by atoms with Gasteiger partial charge in [-0.3, -0.25) is 0 Å². The Hall–Kier alpha value is -1.91. The van der Waals surface area contributed by atoms with Gasteiger partial charge in [0.15, 0.2) is 0 Å². The Labute approximate surface area is 141 Å². The molecule has 3 fully saturated rings. The predicted molar refractivity (Wildman–Crippen MR) is 89.0 cm³/mol. The highest BCUT2D eigenvalue weighted by Gasteiger charge is 2.30. The number of anilines is 2. The molecular weight excluding hydrogens is 306 g/mol. The lowest BCUT2D eigenvalue weighted by Crippen LogP contribution is -2.51. The van der Waals surface area contributed by atoms with Crippen molar-refractivity contribution in [3.63, 3.8) is 0 Å². The van der Waals surface area contributed by atoms with Gasteiger partial charge >= 0.3 is 0 Å². The van der Waals surface area contributed by atoms with E-state index in [-0.39, 0.29) is 12.0 Å². The van der Waals surface area contributed by atoms with Gasteiger partial charge in [-0.1, -0.05) is 0 Å². The maximum atomic E-state index is 9.58. The van der Waals surface area contributed by atoms with E-state index in [1.165, 1.54) is 0 Å². The fourth-order valence-electron chi connectivity index (χ4n) is 3.58. The monoisotopic (exact) mass is 329 g/mol. The molecule has 0 spiro atoms. The fraction of sp³-hybridized carbons (Fsp3) is 0.706. The first kappa shape index (κ1) is 15.6. The van der Waals surface area contributed by atoms with Gasteiger partial charge in [-0.15, -0.1) is 0 Å². The Bertz CT molecular complexity index is 626. The molecule has 1 atom stereocenters. The second kappa shape index (κ2) is 6.54. The van der Waals surface area contributed by atoms with E-state index in [1.54, 1.807) is 0 Å². The van der Waals surface area contributed by atoms with Gasteiger partial charge in [0.1, 0.15) is 5.82 Å². The van der Waals surface area contributed by atoms with E-state index in [0.717, 1.165) is 57.1 Å². The molecule has 24 heavy (non-hydrogen) atoms. The minimum absolute atomic E-state index is 0.163. The lowest BCUT2D eigenvalue weighted by molar-refractivity contribution is 0.140. The topological polar surface area (TPSA) is 85.5 Å². The Morgan fingerprint density at radius 2 is 1.96 bits per heavy atom. The molecule has 0 saturated carbocycles. The Morgan fingerprint density at radius 1 is 1.17 bits per heavy atom. The summed E-state index contributed by atoms with van der Waals surface area (Å²) in [6.45, 7) is 4.42. The molecule has 4 rings (SSSR count). The third-order valence-corrected chi connectivity index (χ3v) is 5.22. The third-order valence-electron chi connectivity index (χ3n) is 5.22. The van der Waals surface area contributed by atoms with Gasteiger partial charge in [0.05, 0.1) is 24.5 Å². The zero-order chi connectivity index (χ0) is 16.5. The smallest absolute Gasteiger partial charge is 0.227 e. The molecule has 0 amide bonds. The number of aliphatic hydroxyl groups is 1. The van der Waals surface area contributed by atoms with Crippen LogP contribution in [0.4, 0.5) is 11.8 Å². The molecule has 3 saturated heterocycles. The van der Waals surface area contributed by atoms with Crippen molar-refractivity contribution in [3.8, 4) is 6.07 Å². The molecule has 1 aromatic rings. The average Bonchev–Trinajstić information content (AvgIpc) is 3.13. The molecule has 7 heteroatoms. The lowest BCUT2D eigenvalue weighted by Gasteiger charge is -2.37. The predicted octanol–water partition coefficient (Wildman–Crippen LogP) is 0.901. The van der Waals surface area contributed by atoms with E-state index in [9.17, 15) is 5.11 Å². The van der Waals surface area contributed by atoms with E-state index < -0.39 is 0 Å². The van der Waals surface area contributed by atoms with Gasteiger partial charge in [0, 0.05) is 50.7 Å². The van der Waals surface area contributed by atoms with Crippen LogP contribution in [0.5, 0.6) is 0 Å². The van der Waals surface area contributed by atoms with Crippen LogP contribution in [0.3, 0.4) is 0 Å². The van der Waals surface area contributed by atoms with E-state index >= 15 is 0 Å². The summed E-state index contributed by atoms with van der Waals surface area (Å²) in [5.41, 5.74) is 1.04. The molecule has 0 radical (unpaired) electrons. The number of hydrogen-bond donors (Lipinski definition) is 1. The first-order valence-corrected chi connectivity index (χ1v) is 8.77. The zero-order valence-electron chi connectivity index (χ0n) is 13.8. The summed E-state index contributed by atoms with van der Waals surface area (Å²) >= 11 is 0. The fourth-order valence-corrected chi connectivity index (χ4v) is 3.58. The molecule has 7 nitrogen and oxygen atoms in total. The molecule has 0 aromatic carbocycles. The van der Waals surface area contributed by atoms with Crippen molar-refractivity contribution in [2.24, 2.45) is 5.92 Å². The van der Waals surface area contributed by atoms with Crippen molar-refractivity contribution in [1.82, 2.24) is 9.97 Å². The van der Waals surface area contributed by atoms with Crippen LogP contribution < -0.4 is 9.80 Å². The van der Waals surface area contributed by atoms with Crippen LogP contribution in [-0.4, -0.2) is 60.6 Å². The summed E-state index contributed by atoms with van der Waals surface area (Å²) in [7, 11) is 0. The van der Waals surface area contributed by atoms with Crippen LogP contribution in [0.25, 0.3) is 0 Å². The maximum Gasteiger partial charge on any atom is 0.227 e. The summed E-state index contributed by atoms with van der Waals surface area (Å²) in [6.07, 6.45) is 2.50. The molecule has 128 valence electrons. The number of piperidine rings is 1. The Morgan fingerprint density at radius 3 is 2.58 bits per heavy atom. The van der Waals surface area contributed by atoms with E-state index in [4.69, 9.17) is 20.0 Å². The van der Waals surface area contributed by atoms with Crippen LogP contribution in [-0.2, 0) is 4.74 Å². The summed E-state index contributed by atoms with van der Waals surface area (Å²) < 4.78 is 5.52. The number of ether oxygens (including phenoxy) is 1. The maximum absolute atomic E-state index is 9.58. The summed E-state index contributed by atoms with van der Waals surface area (Å²) in [6, 6.07) is 4.46. The normalized spacial score (nSPS) is 25.6. The van der Waals surface area contributed by atoms with Crippen molar-refractivity contribution in [2.75, 3.05) is 49.2 Å². The Balaban J connectivity index is 1.59. The highest BCUT2D eigenvalue weighted by Crippen LogP contribution is 2.30. The number of nitrogens with zero attached hydrogens (tertiary/aromatic N) is 5. The number of hydrogen-bond acceptors (Lipinski definition) is 7. The SMILES string of the molecule is N#CC1CCN(c2cc([C@H]3CCOC3)nc(N3CC(O)C3)n2)CC1. The summed E-state index contributed by atoms with van der Waals surface area (Å²) in [5.74, 6) is 2.14. The van der Waals surface area contributed by atoms with Crippen molar-refractivity contribution < 1.29 is 9.84 Å². The molecule has 0 aliphatic carbocycles. The first-order chi connectivity index (χ1) is 11.7. The van der Waals surface area contributed by atoms with Gasteiger partial charge < -0.3 is 19.6 Å². The number of rotatable bonds is 3.